The van der Waals surface area contributed by atoms with E-state index in [0.29, 0.717) is 97.1 Å². The molecule has 0 aromatic heterocycles. The van der Waals surface area contributed by atoms with Gasteiger partial charge in [-0.1, -0.05) is 20.8 Å². The van der Waals surface area contributed by atoms with Crippen LogP contribution >= 0.6 is 0 Å². The van der Waals surface area contributed by atoms with Crippen LogP contribution in [0.2, 0.25) is 0 Å². The molecule has 0 aliphatic carbocycles. The average Bonchev–Trinajstić information content (AvgIpc) is 0.985. The van der Waals surface area contributed by atoms with E-state index in [1.165, 1.54) is 6.92 Å². The van der Waals surface area contributed by atoms with Crippen molar-refractivity contribution in [1.82, 2.24) is 37.2 Å². The van der Waals surface area contributed by atoms with Gasteiger partial charge in [-0.25, -0.2) is 0 Å². The highest BCUT2D eigenvalue weighted by Crippen LogP contribution is 2.29. The van der Waals surface area contributed by atoms with Gasteiger partial charge in [0.05, 0.1) is 71.7 Å². The molecule has 3 saturated heterocycles. The van der Waals surface area contributed by atoms with Crippen LogP contribution in [0.25, 0.3) is 0 Å². The van der Waals surface area contributed by atoms with Gasteiger partial charge in [-0.15, -0.1) is 0 Å². The number of carbonyl (C=O) groups excluding carboxylic acids is 7. The molecule has 32 nitrogen and oxygen atoms in total. The van der Waals surface area contributed by atoms with Gasteiger partial charge in [0.2, 0.25) is 41.4 Å². The van der Waals surface area contributed by atoms with Crippen LogP contribution in [0.15, 0.2) is 0 Å². The zero-order valence-corrected chi connectivity index (χ0v) is 54.1. The molecule has 16 N–H and O–H groups in total. The number of aliphatic hydroxyl groups excluding tert-OH is 9. The molecule has 3 aliphatic heterocycles. The van der Waals surface area contributed by atoms with Crippen molar-refractivity contribution in [3.05, 3.63) is 0 Å². The Morgan fingerprint density at radius 2 is 0.663 bits per heavy atom. The summed E-state index contributed by atoms with van der Waals surface area (Å²) >= 11 is 0. The lowest BCUT2D eigenvalue weighted by Crippen LogP contribution is -2.64. The van der Waals surface area contributed by atoms with Crippen LogP contribution in [-0.2, 0) is 76.2 Å². The molecule has 0 radical (unpaired) electrons. The van der Waals surface area contributed by atoms with Crippen molar-refractivity contribution in [2.75, 3.05) is 119 Å². The summed E-state index contributed by atoms with van der Waals surface area (Å²) in [7, 11) is 0. The lowest BCUT2D eigenvalue weighted by molar-refractivity contribution is -0.282. The molecule has 0 spiro atoms. The van der Waals surface area contributed by atoms with E-state index in [9.17, 15) is 79.5 Å². The molecule has 0 aromatic rings. The second kappa shape index (κ2) is 46.6. The maximum atomic E-state index is 12.7. The van der Waals surface area contributed by atoms with E-state index in [1.807, 2.05) is 6.92 Å². The molecule has 32 heteroatoms. The molecule has 7 amide bonds. The summed E-state index contributed by atoms with van der Waals surface area (Å²) in [5.41, 5.74) is -0.759. The summed E-state index contributed by atoms with van der Waals surface area (Å²) in [4.78, 5) is 86.7. The number of hydrogen-bond acceptors (Lipinski definition) is 25. The summed E-state index contributed by atoms with van der Waals surface area (Å²) in [6.45, 7) is 8.03. The van der Waals surface area contributed by atoms with E-state index >= 15 is 0 Å². The molecule has 3 aliphatic rings. The van der Waals surface area contributed by atoms with Crippen LogP contribution < -0.4 is 37.2 Å². The molecule has 0 saturated carbocycles. The van der Waals surface area contributed by atoms with E-state index in [1.54, 1.807) is 13.8 Å². The fraction of sp³-hybridized carbons (Fsp3) is 0.883. The zero-order valence-electron chi connectivity index (χ0n) is 54.1. The number of amides is 7. The topological polar surface area (TPSA) is 469 Å². The molecule has 0 bridgehead atoms. The normalized spacial score (nSPS) is 27.1. The third-order valence-corrected chi connectivity index (χ3v) is 15.6. The van der Waals surface area contributed by atoms with Crippen LogP contribution in [0.5, 0.6) is 0 Å². The van der Waals surface area contributed by atoms with Gasteiger partial charge in [0.1, 0.15) is 48.8 Å². The molecule has 15 unspecified atom stereocenters. The highest BCUT2D eigenvalue weighted by molar-refractivity contribution is 5.78. The first kappa shape index (κ1) is 81.8. The fourth-order valence-corrected chi connectivity index (χ4v) is 9.93. The highest BCUT2D eigenvalue weighted by atomic mass is 16.7. The molecule has 15 atom stereocenters. The van der Waals surface area contributed by atoms with E-state index in [2.05, 4.69) is 37.2 Å². The van der Waals surface area contributed by atoms with Crippen LogP contribution in [0.4, 0.5) is 0 Å². The molecular weight excluding hydrogens is 1220 g/mol. The van der Waals surface area contributed by atoms with Crippen LogP contribution in [0, 0.1) is 17.3 Å². The van der Waals surface area contributed by atoms with E-state index < -0.39 is 123 Å². The second-order valence-electron chi connectivity index (χ2n) is 23.9. The van der Waals surface area contributed by atoms with Crippen LogP contribution in [0.1, 0.15) is 124 Å². The first-order chi connectivity index (χ1) is 44.0. The van der Waals surface area contributed by atoms with E-state index in [-0.39, 0.29) is 133 Å². The van der Waals surface area contributed by atoms with Crippen molar-refractivity contribution in [3.8, 4) is 0 Å². The monoisotopic (exact) mass is 1330 g/mol. The van der Waals surface area contributed by atoms with Crippen molar-refractivity contribution < 1.29 is 122 Å². The number of ether oxygens (including phenoxy) is 9. The van der Waals surface area contributed by atoms with Crippen molar-refractivity contribution in [2.24, 2.45) is 17.3 Å². The van der Waals surface area contributed by atoms with Crippen LogP contribution in [-0.4, -0.2) is 286 Å². The fourth-order valence-electron chi connectivity index (χ4n) is 9.93. The van der Waals surface area contributed by atoms with Gasteiger partial charge < -0.3 is 126 Å². The zero-order chi connectivity index (χ0) is 67.8. The summed E-state index contributed by atoms with van der Waals surface area (Å²) in [5, 5.41) is 109. The van der Waals surface area contributed by atoms with E-state index in [0.717, 1.165) is 0 Å². The first-order valence-corrected chi connectivity index (χ1v) is 32.4. The number of aliphatic hydroxyl groups is 9. The third kappa shape index (κ3) is 32.3. The minimum atomic E-state index is -1.43. The quantitative estimate of drug-likeness (QED) is 0.0257. The largest absolute Gasteiger partial charge is 0.394 e. The maximum Gasteiger partial charge on any atom is 0.222 e. The van der Waals surface area contributed by atoms with Gasteiger partial charge in [0.15, 0.2) is 18.9 Å². The van der Waals surface area contributed by atoms with Gasteiger partial charge >= 0.3 is 0 Å². The Labute approximate surface area is 538 Å². The van der Waals surface area contributed by atoms with Crippen molar-refractivity contribution >= 4 is 41.4 Å². The van der Waals surface area contributed by atoms with Crippen molar-refractivity contribution in [3.63, 3.8) is 0 Å². The molecular formula is C60H109N7O25. The van der Waals surface area contributed by atoms with Crippen molar-refractivity contribution in [1.29, 1.82) is 0 Å². The van der Waals surface area contributed by atoms with Gasteiger partial charge in [-0.05, 0) is 57.8 Å². The maximum absolute atomic E-state index is 12.7. The Kier molecular flexibility index (Phi) is 41.5. The van der Waals surface area contributed by atoms with Gasteiger partial charge in [0.25, 0.3) is 0 Å². The minimum absolute atomic E-state index is 0.0384. The Hall–Kier alpha value is -4.43. The number of unbranched alkanes of at least 4 members (excludes halogenated alkanes) is 3. The first-order valence-electron chi connectivity index (χ1n) is 32.4. The SMILES string of the molecule is CC(=O)NC1C(OCCCCC(=O)NCCCNC(=O)CCOCC(C)(COCCC(=O)NCCCNC(=O)CCCCOC2OC(CO)C(O)C(O)C2C)COCCC(=O)NCCCNC(=O)CCCCOC2OC(CO)C(O)C(O)C2C)OC(CO)C(O)C1O. The Morgan fingerprint density at radius 3 is 0.967 bits per heavy atom. The summed E-state index contributed by atoms with van der Waals surface area (Å²) in [6, 6.07) is -1.06. The molecule has 3 fully saturated rings. The van der Waals surface area contributed by atoms with Gasteiger partial charge in [0, 0.05) is 122 Å². The Morgan fingerprint density at radius 1 is 0.380 bits per heavy atom. The summed E-state index contributed by atoms with van der Waals surface area (Å²) in [5.74, 6) is -2.79. The lowest BCUT2D eigenvalue weighted by atomic mass is 9.92. The summed E-state index contributed by atoms with van der Waals surface area (Å²) < 4.78 is 51.5. The molecule has 534 valence electrons. The van der Waals surface area contributed by atoms with Gasteiger partial charge in [-0.2, -0.15) is 0 Å². The minimum Gasteiger partial charge on any atom is -0.394 e. The molecule has 3 rings (SSSR count). The predicted molar refractivity (Wildman–Crippen MR) is 325 cm³/mol. The van der Waals surface area contributed by atoms with Gasteiger partial charge in [-0.3, -0.25) is 33.6 Å². The Bertz CT molecular complexity index is 2020. The molecule has 92 heavy (non-hydrogen) atoms. The molecule has 0 aromatic carbocycles. The summed E-state index contributed by atoms with van der Waals surface area (Å²) in [6.07, 6.45) is -7.91. The number of hydrogen-bond donors (Lipinski definition) is 16. The lowest BCUT2D eigenvalue weighted by Gasteiger charge is -2.42. The third-order valence-electron chi connectivity index (χ3n) is 15.6. The Balaban J connectivity index is 1.31. The highest BCUT2D eigenvalue weighted by Gasteiger charge is 2.46. The number of rotatable bonds is 49. The predicted octanol–water partition coefficient (Wildman–Crippen LogP) is -4.27. The smallest absolute Gasteiger partial charge is 0.222 e. The van der Waals surface area contributed by atoms with E-state index in [4.69, 9.17) is 42.6 Å². The number of nitrogens with one attached hydrogen (secondary N) is 7. The molecule has 3 heterocycles. The van der Waals surface area contributed by atoms with Crippen LogP contribution in [0.3, 0.4) is 0 Å². The number of carbonyl (C=O) groups is 7. The average molecular weight is 1330 g/mol. The second-order valence-corrected chi connectivity index (χ2v) is 23.9. The standard InChI is InChI=1S/C60H109N7O25/c1-38-51(78)53(80)41(32-68)90-57(38)87-26-8-5-14-44(72)61-20-11-23-64-47(75)17-29-84-35-60(4,36-85-30-18-48(76)65-24-12-21-62-45(73)15-6-9-27-88-58-39(2)52(79)54(81)42(33-69)91-58)37-86-31-19-49(77)66-25-13-22-63-46(74)16-7-10-28-89-59-50(67-40(3)71)56(83)55(82)43(34-70)92-59/h38-39,41-43,50-59,68-70,78-83H,5-37H2,1-4H3,(H,61,72)(H,62,73)(H,63,74)(H,64,75)(H,65,76)(H,66,77)(H,67,71). The van der Waals surface area contributed by atoms with Crippen molar-refractivity contribution in [2.45, 2.75) is 204 Å².